The van der Waals surface area contributed by atoms with Crippen LogP contribution in [0.5, 0.6) is 0 Å². The van der Waals surface area contributed by atoms with Gasteiger partial charge in [0.1, 0.15) is 11.6 Å². The molecule has 1 N–H and O–H groups in total. The zero-order valence-electron chi connectivity index (χ0n) is 9.31. The lowest BCUT2D eigenvalue weighted by Crippen LogP contribution is -2.18. The van der Waals surface area contributed by atoms with Gasteiger partial charge >= 0.3 is 0 Å². The highest BCUT2D eigenvalue weighted by atomic mass is 79.9. The highest BCUT2D eigenvalue weighted by Gasteiger charge is 2.21. The predicted octanol–water partition coefficient (Wildman–Crippen LogP) is 4.75. The molecule has 0 saturated heterocycles. The van der Waals surface area contributed by atoms with E-state index in [9.17, 15) is 8.78 Å². The van der Waals surface area contributed by atoms with Gasteiger partial charge in [0.2, 0.25) is 0 Å². The molecule has 2 rings (SSSR count). The van der Waals surface area contributed by atoms with Gasteiger partial charge in [0.25, 0.3) is 0 Å². The Morgan fingerprint density at radius 1 is 1.33 bits per heavy atom. The van der Waals surface area contributed by atoms with Gasteiger partial charge in [0.05, 0.1) is 15.5 Å². The first-order valence-electron chi connectivity index (χ1n) is 5.09. The van der Waals surface area contributed by atoms with Crippen LogP contribution in [0.2, 0.25) is 5.02 Å². The molecule has 1 atom stereocenters. The summed E-state index contributed by atoms with van der Waals surface area (Å²) in [6.07, 6.45) is 0. The molecule has 6 heteroatoms. The van der Waals surface area contributed by atoms with E-state index in [1.165, 1.54) is 17.4 Å². The minimum Gasteiger partial charge on any atom is -0.309 e. The molecule has 0 bridgehead atoms. The van der Waals surface area contributed by atoms with E-state index in [2.05, 4.69) is 21.2 Å². The molecular formula is C12H9BrClF2NS. The Hall–Kier alpha value is -0.490. The summed E-state index contributed by atoms with van der Waals surface area (Å²) in [5.41, 5.74) is 0.238. The minimum absolute atomic E-state index is 0.107. The van der Waals surface area contributed by atoms with Gasteiger partial charge in [-0.05, 0) is 46.6 Å². The Morgan fingerprint density at radius 2 is 2.06 bits per heavy atom. The van der Waals surface area contributed by atoms with E-state index >= 15 is 0 Å². The Bertz CT molecular complexity index is 573. The van der Waals surface area contributed by atoms with Gasteiger partial charge < -0.3 is 5.32 Å². The Kier molecular flexibility index (Phi) is 4.37. The molecule has 0 saturated carbocycles. The number of benzene rings is 1. The standard InChI is InChI=1S/C12H9BrClF2NS/c1-17-11(12-8(14)2-3-18-12)6-4-10(16)7(13)5-9(6)15/h2-5,11,17H,1H3. The third kappa shape index (κ3) is 2.59. The van der Waals surface area contributed by atoms with Gasteiger partial charge in [0.15, 0.2) is 0 Å². The van der Waals surface area contributed by atoms with E-state index in [1.54, 1.807) is 13.1 Å². The molecule has 1 aromatic carbocycles. The summed E-state index contributed by atoms with van der Waals surface area (Å²) >= 11 is 10.4. The number of hydrogen-bond donors (Lipinski definition) is 1. The number of thiophene rings is 1. The Morgan fingerprint density at radius 3 is 2.61 bits per heavy atom. The van der Waals surface area contributed by atoms with Crippen LogP contribution in [0.15, 0.2) is 28.1 Å². The van der Waals surface area contributed by atoms with Crippen LogP contribution in [0.3, 0.4) is 0 Å². The van der Waals surface area contributed by atoms with E-state index < -0.39 is 17.7 Å². The lowest BCUT2D eigenvalue weighted by molar-refractivity contribution is 0.557. The molecule has 0 aliphatic carbocycles. The monoisotopic (exact) mass is 351 g/mol. The van der Waals surface area contributed by atoms with Crippen LogP contribution in [0.1, 0.15) is 16.5 Å². The van der Waals surface area contributed by atoms with Gasteiger partial charge in [-0.2, -0.15) is 0 Å². The topological polar surface area (TPSA) is 12.0 Å². The lowest BCUT2D eigenvalue weighted by atomic mass is 10.0. The van der Waals surface area contributed by atoms with Crippen LogP contribution in [-0.2, 0) is 0 Å². The van der Waals surface area contributed by atoms with Crippen LogP contribution in [-0.4, -0.2) is 7.05 Å². The highest BCUT2D eigenvalue weighted by Crippen LogP contribution is 2.35. The number of halogens is 4. The van der Waals surface area contributed by atoms with E-state index in [1.807, 2.05) is 5.38 Å². The fourth-order valence-corrected chi connectivity index (χ4v) is 3.31. The van der Waals surface area contributed by atoms with Gasteiger partial charge in [-0.15, -0.1) is 11.3 Å². The summed E-state index contributed by atoms with van der Waals surface area (Å²) in [5.74, 6) is -0.980. The minimum atomic E-state index is -0.501. The zero-order chi connectivity index (χ0) is 13.3. The maximum atomic E-state index is 13.9. The molecule has 1 aromatic heterocycles. The van der Waals surface area contributed by atoms with Crippen molar-refractivity contribution >= 4 is 38.9 Å². The third-order valence-electron chi connectivity index (χ3n) is 2.55. The van der Waals surface area contributed by atoms with E-state index in [0.29, 0.717) is 5.02 Å². The zero-order valence-corrected chi connectivity index (χ0v) is 12.5. The first-order valence-corrected chi connectivity index (χ1v) is 7.14. The Labute approximate surface area is 121 Å². The molecule has 1 heterocycles. The van der Waals surface area contributed by atoms with Crippen LogP contribution >= 0.6 is 38.9 Å². The normalized spacial score (nSPS) is 12.7. The summed E-state index contributed by atoms with van der Waals surface area (Å²) in [5, 5.41) is 5.31. The number of nitrogens with one attached hydrogen (secondary N) is 1. The third-order valence-corrected chi connectivity index (χ3v) is 4.58. The maximum absolute atomic E-state index is 13.9. The van der Waals surface area contributed by atoms with Crippen molar-refractivity contribution in [2.45, 2.75) is 6.04 Å². The average Bonchev–Trinajstić information content (AvgIpc) is 2.73. The number of hydrogen-bond acceptors (Lipinski definition) is 2. The molecule has 0 aliphatic heterocycles. The van der Waals surface area contributed by atoms with Gasteiger partial charge in [-0.1, -0.05) is 11.6 Å². The number of rotatable bonds is 3. The smallest absolute Gasteiger partial charge is 0.137 e. The molecule has 0 radical (unpaired) electrons. The highest BCUT2D eigenvalue weighted by molar-refractivity contribution is 9.10. The molecule has 2 aromatic rings. The van der Waals surface area contributed by atoms with Crippen LogP contribution in [0.25, 0.3) is 0 Å². The molecule has 18 heavy (non-hydrogen) atoms. The van der Waals surface area contributed by atoms with Crippen molar-refractivity contribution in [3.05, 3.63) is 55.1 Å². The van der Waals surface area contributed by atoms with Crippen molar-refractivity contribution in [3.8, 4) is 0 Å². The Balaban J connectivity index is 2.52. The molecule has 0 spiro atoms. The molecule has 1 unspecified atom stereocenters. The second kappa shape index (κ2) is 5.65. The summed E-state index contributed by atoms with van der Waals surface area (Å²) in [7, 11) is 1.68. The van der Waals surface area contributed by atoms with Gasteiger partial charge in [0, 0.05) is 10.4 Å². The summed E-state index contributed by atoms with van der Waals surface area (Å²) in [4.78, 5) is 0.764. The second-order valence-corrected chi connectivity index (χ2v) is 5.85. The van der Waals surface area contributed by atoms with Crippen molar-refractivity contribution < 1.29 is 8.78 Å². The van der Waals surface area contributed by atoms with Crippen LogP contribution < -0.4 is 5.32 Å². The van der Waals surface area contributed by atoms with E-state index in [4.69, 9.17) is 11.6 Å². The van der Waals surface area contributed by atoms with Crippen LogP contribution in [0.4, 0.5) is 8.78 Å². The van der Waals surface area contributed by atoms with Gasteiger partial charge in [-0.3, -0.25) is 0 Å². The van der Waals surface area contributed by atoms with Crippen molar-refractivity contribution in [3.63, 3.8) is 0 Å². The average molecular weight is 353 g/mol. The summed E-state index contributed by atoms with van der Waals surface area (Å²) in [6.45, 7) is 0. The molecule has 1 nitrogen and oxygen atoms in total. The van der Waals surface area contributed by atoms with Crippen molar-refractivity contribution in [1.29, 1.82) is 0 Å². The lowest BCUT2D eigenvalue weighted by Gasteiger charge is -2.17. The molecule has 0 aliphatic rings. The molecular weight excluding hydrogens is 344 g/mol. The van der Waals surface area contributed by atoms with E-state index in [0.717, 1.165) is 10.9 Å². The van der Waals surface area contributed by atoms with Crippen molar-refractivity contribution in [1.82, 2.24) is 5.32 Å². The van der Waals surface area contributed by atoms with Gasteiger partial charge in [-0.25, -0.2) is 8.78 Å². The van der Waals surface area contributed by atoms with E-state index in [-0.39, 0.29) is 10.0 Å². The van der Waals surface area contributed by atoms with Crippen LogP contribution in [0, 0.1) is 11.6 Å². The first kappa shape index (κ1) is 13.9. The second-order valence-electron chi connectivity index (χ2n) is 3.64. The largest absolute Gasteiger partial charge is 0.309 e. The SMILES string of the molecule is CNC(c1cc(F)c(Br)cc1F)c1sccc1Cl. The van der Waals surface area contributed by atoms with Crippen molar-refractivity contribution in [2.75, 3.05) is 7.05 Å². The molecule has 96 valence electrons. The summed E-state index contributed by atoms with van der Waals surface area (Å²) in [6, 6.07) is 3.58. The summed E-state index contributed by atoms with van der Waals surface area (Å²) < 4.78 is 27.6. The van der Waals surface area contributed by atoms with Crippen molar-refractivity contribution in [2.24, 2.45) is 0 Å². The maximum Gasteiger partial charge on any atom is 0.137 e. The quantitative estimate of drug-likeness (QED) is 0.786. The first-order chi connectivity index (χ1) is 8.54. The predicted molar refractivity (Wildman–Crippen MR) is 74.3 cm³/mol. The molecule has 0 amide bonds. The fraction of sp³-hybridized carbons (Fsp3) is 0.167. The fourth-order valence-electron chi connectivity index (χ4n) is 1.70. The molecule has 0 fully saturated rings.